The number of aliphatic carboxylic acids is 1. The number of carboxylic acid groups (broad SMARTS) is 1. The van der Waals surface area contributed by atoms with E-state index in [9.17, 15) is 19.5 Å². The average Bonchev–Trinajstić information content (AvgIpc) is 3.49. The van der Waals surface area contributed by atoms with Gasteiger partial charge in [-0.1, -0.05) is 83.1 Å². The van der Waals surface area contributed by atoms with Crippen LogP contribution >= 0.6 is 11.3 Å². The van der Waals surface area contributed by atoms with Gasteiger partial charge in [-0.25, -0.2) is 9.97 Å². The van der Waals surface area contributed by atoms with E-state index in [1.807, 2.05) is 48.8 Å². The molecule has 2 heterocycles. The Labute approximate surface area is 263 Å². The van der Waals surface area contributed by atoms with Gasteiger partial charge in [-0.05, 0) is 59.9 Å². The number of hydrogen-bond acceptors (Lipinski definition) is 6. The Hall–Kier alpha value is -4.17. The predicted molar refractivity (Wildman–Crippen MR) is 176 cm³/mol. The zero-order valence-corrected chi connectivity index (χ0v) is 27.1. The Morgan fingerprint density at radius 3 is 1.89 bits per heavy atom. The van der Waals surface area contributed by atoms with E-state index in [0.29, 0.717) is 16.6 Å². The summed E-state index contributed by atoms with van der Waals surface area (Å²) >= 11 is 1.44. The Morgan fingerprint density at radius 1 is 0.795 bits per heavy atom. The van der Waals surface area contributed by atoms with Gasteiger partial charge in [-0.3, -0.25) is 14.4 Å². The predicted octanol–water partition coefficient (Wildman–Crippen LogP) is 7.39. The van der Waals surface area contributed by atoms with E-state index in [1.165, 1.54) is 23.8 Å². The third-order valence-electron chi connectivity index (χ3n) is 7.43. The van der Waals surface area contributed by atoms with Crippen LogP contribution in [0.1, 0.15) is 73.6 Å². The maximum atomic E-state index is 13.2. The normalized spacial score (nSPS) is 13.0. The first-order chi connectivity index (χ1) is 20.8. The zero-order valence-electron chi connectivity index (χ0n) is 26.3. The van der Waals surface area contributed by atoms with E-state index in [1.54, 1.807) is 0 Å². The summed E-state index contributed by atoms with van der Waals surface area (Å²) in [5, 5.41) is 11.9. The molecule has 0 fully saturated rings. The minimum atomic E-state index is -1.13. The van der Waals surface area contributed by atoms with Crippen molar-refractivity contribution < 1.29 is 19.5 Å². The fraction of sp³-hybridized carbons (Fsp3) is 0.361. The van der Waals surface area contributed by atoms with Crippen LogP contribution in [0.4, 0.5) is 0 Å². The molecule has 0 aliphatic heterocycles. The van der Waals surface area contributed by atoms with Gasteiger partial charge < -0.3 is 10.4 Å². The average molecular weight is 612 g/mol. The SMILES string of the molecule is CC(C)Cc1ccc(-c2cnc(-c3ccc(C[C@H](CC(=O)c4ccc(C(C)(C)C)s4)C(=O)N[C@H](C)C(=O)O)cc3)nc2)cc1. The van der Waals surface area contributed by atoms with Crippen LogP contribution in [0.15, 0.2) is 73.1 Å². The van der Waals surface area contributed by atoms with Gasteiger partial charge in [0.15, 0.2) is 11.6 Å². The fourth-order valence-corrected chi connectivity index (χ4v) is 5.88. The van der Waals surface area contributed by atoms with E-state index in [0.717, 1.165) is 33.6 Å². The van der Waals surface area contributed by atoms with Crippen LogP contribution in [0.3, 0.4) is 0 Å². The third kappa shape index (κ3) is 8.69. The van der Waals surface area contributed by atoms with Crippen molar-refractivity contribution in [3.63, 3.8) is 0 Å². The number of aromatic nitrogens is 2. The van der Waals surface area contributed by atoms with Crippen molar-refractivity contribution >= 4 is 29.0 Å². The van der Waals surface area contributed by atoms with Gasteiger partial charge in [0.25, 0.3) is 0 Å². The molecule has 2 aromatic carbocycles. The molecule has 1 amide bonds. The van der Waals surface area contributed by atoms with E-state index in [2.05, 4.69) is 74.2 Å². The monoisotopic (exact) mass is 611 g/mol. The van der Waals surface area contributed by atoms with Crippen LogP contribution in [0.25, 0.3) is 22.5 Å². The fourth-order valence-electron chi connectivity index (χ4n) is 4.87. The van der Waals surface area contributed by atoms with E-state index >= 15 is 0 Å². The van der Waals surface area contributed by atoms with Crippen molar-refractivity contribution in [1.82, 2.24) is 15.3 Å². The number of hydrogen-bond donors (Lipinski definition) is 2. The summed E-state index contributed by atoms with van der Waals surface area (Å²) in [5.41, 5.74) is 4.91. The first-order valence-corrected chi connectivity index (χ1v) is 15.8. The number of thiophene rings is 1. The maximum absolute atomic E-state index is 13.2. The van der Waals surface area contributed by atoms with Gasteiger partial charge in [0, 0.05) is 40.7 Å². The smallest absolute Gasteiger partial charge is 0.325 e. The molecule has 44 heavy (non-hydrogen) atoms. The molecule has 2 aromatic heterocycles. The van der Waals surface area contributed by atoms with Gasteiger partial charge in [0.1, 0.15) is 6.04 Å². The standard InChI is InChI=1S/C36H41N3O4S/c1-22(2)17-24-7-11-26(12-8-24)29-20-37-33(38-21-29)27-13-9-25(10-14-27)18-28(34(41)39-23(3)35(42)43)19-30(40)31-15-16-32(44-31)36(4,5)6/h7-16,20-23,28H,17-19H2,1-6H3,(H,39,41)(H,42,43)/t23-,28-/m1/s1. The first-order valence-electron chi connectivity index (χ1n) is 15.0. The molecule has 0 bridgehead atoms. The molecule has 0 spiro atoms. The number of carbonyl (C=O) groups is 3. The molecule has 2 N–H and O–H groups in total. The van der Waals surface area contributed by atoms with E-state index in [4.69, 9.17) is 0 Å². The molecule has 0 saturated carbocycles. The summed E-state index contributed by atoms with van der Waals surface area (Å²) in [7, 11) is 0. The van der Waals surface area contributed by atoms with Crippen LogP contribution in [-0.4, -0.2) is 38.8 Å². The van der Waals surface area contributed by atoms with Crippen LogP contribution in [-0.2, 0) is 27.8 Å². The van der Waals surface area contributed by atoms with Crippen LogP contribution < -0.4 is 5.32 Å². The van der Waals surface area contributed by atoms with E-state index in [-0.39, 0.29) is 24.0 Å². The molecule has 0 saturated heterocycles. The number of rotatable bonds is 12. The van der Waals surface area contributed by atoms with Crippen molar-refractivity contribution in [2.45, 2.75) is 72.3 Å². The lowest BCUT2D eigenvalue weighted by molar-refractivity contribution is -0.141. The molecule has 0 radical (unpaired) electrons. The number of Topliss-reactive ketones (excluding diaryl/α,β-unsaturated/α-hetero) is 1. The molecule has 4 aromatic rings. The molecule has 0 aliphatic carbocycles. The molecule has 4 rings (SSSR count). The largest absolute Gasteiger partial charge is 0.480 e. The number of carbonyl (C=O) groups excluding carboxylic acids is 2. The molecule has 230 valence electrons. The highest BCUT2D eigenvalue weighted by molar-refractivity contribution is 7.14. The number of nitrogens with one attached hydrogen (secondary N) is 1. The highest BCUT2D eigenvalue weighted by Crippen LogP contribution is 2.31. The third-order valence-corrected chi connectivity index (χ3v) is 8.98. The topological polar surface area (TPSA) is 109 Å². The van der Waals surface area contributed by atoms with Gasteiger partial charge in [-0.2, -0.15) is 0 Å². The van der Waals surface area contributed by atoms with E-state index < -0.39 is 23.8 Å². The molecule has 2 atom stereocenters. The quantitative estimate of drug-likeness (QED) is 0.162. The second-order valence-electron chi connectivity index (χ2n) is 12.8. The second-order valence-corrected chi connectivity index (χ2v) is 13.9. The summed E-state index contributed by atoms with van der Waals surface area (Å²) < 4.78 is 0. The van der Waals surface area contributed by atoms with Crippen LogP contribution in [0.5, 0.6) is 0 Å². The van der Waals surface area contributed by atoms with Gasteiger partial charge in [-0.15, -0.1) is 11.3 Å². The molecular formula is C36H41N3O4S. The summed E-state index contributed by atoms with van der Waals surface area (Å²) in [6.07, 6.45) is 4.95. The molecule has 8 heteroatoms. The Kier molecular flexibility index (Phi) is 10.5. The highest BCUT2D eigenvalue weighted by Gasteiger charge is 2.27. The Morgan fingerprint density at radius 2 is 1.36 bits per heavy atom. The van der Waals surface area contributed by atoms with Crippen LogP contribution in [0, 0.1) is 11.8 Å². The minimum absolute atomic E-state index is 0.0208. The number of nitrogens with zero attached hydrogens (tertiary/aromatic N) is 2. The molecule has 7 nitrogen and oxygen atoms in total. The van der Waals surface area contributed by atoms with Crippen molar-refractivity contribution in [1.29, 1.82) is 0 Å². The minimum Gasteiger partial charge on any atom is -0.480 e. The van der Waals surface area contributed by atoms with Gasteiger partial charge in [0.2, 0.25) is 5.91 Å². The molecule has 0 unspecified atom stereocenters. The Balaban J connectivity index is 1.47. The van der Waals surface area contributed by atoms with Crippen molar-refractivity contribution in [2.24, 2.45) is 11.8 Å². The number of benzene rings is 2. The van der Waals surface area contributed by atoms with Crippen molar-refractivity contribution in [3.05, 3.63) is 93.9 Å². The zero-order chi connectivity index (χ0) is 32.0. The lowest BCUT2D eigenvalue weighted by Crippen LogP contribution is -2.42. The lowest BCUT2D eigenvalue weighted by Gasteiger charge is -2.18. The van der Waals surface area contributed by atoms with Crippen molar-refractivity contribution in [3.8, 4) is 22.5 Å². The van der Waals surface area contributed by atoms with Gasteiger partial charge in [0.05, 0.1) is 4.88 Å². The lowest BCUT2D eigenvalue weighted by atomic mass is 9.92. The van der Waals surface area contributed by atoms with Crippen LogP contribution in [0.2, 0.25) is 0 Å². The summed E-state index contributed by atoms with van der Waals surface area (Å²) in [6.45, 7) is 12.1. The number of carboxylic acids is 1. The van der Waals surface area contributed by atoms with Gasteiger partial charge >= 0.3 is 5.97 Å². The molecule has 0 aliphatic rings. The highest BCUT2D eigenvalue weighted by atomic mass is 32.1. The number of ketones is 1. The summed E-state index contributed by atoms with van der Waals surface area (Å²) in [5.74, 6) is -1.25. The summed E-state index contributed by atoms with van der Waals surface area (Å²) in [4.78, 5) is 48.6. The van der Waals surface area contributed by atoms with Crippen molar-refractivity contribution in [2.75, 3.05) is 0 Å². The number of amides is 1. The first kappa shape index (κ1) is 32.7. The maximum Gasteiger partial charge on any atom is 0.325 e. The summed E-state index contributed by atoms with van der Waals surface area (Å²) in [6, 6.07) is 18.8. The molecular weight excluding hydrogens is 570 g/mol. The Bertz CT molecular complexity index is 1580. The second kappa shape index (κ2) is 14.1.